The molecule has 7 heavy (non-hydrogen) atoms. The van der Waals surface area contributed by atoms with Crippen molar-refractivity contribution in [2.24, 2.45) is 0 Å². The third-order valence-corrected chi connectivity index (χ3v) is 2.14. The van der Waals surface area contributed by atoms with Gasteiger partial charge in [0.1, 0.15) is 0 Å². The molecule has 7 heteroatoms. The van der Waals surface area contributed by atoms with E-state index in [9.17, 15) is 4.57 Å². The molecule has 0 aliphatic rings. The van der Waals surface area contributed by atoms with Crippen LogP contribution in [0.5, 0.6) is 0 Å². The number of hydrogen-bond donors (Lipinski definition) is 2. The first-order chi connectivity index (χ1) is 2.56. The number of rotatable bonds is 1. The minimum absolute atomic E-state index is 0. The molecule has 38 valence electrons. The Morgan fingerprint density at radius 2 is 1.86 bits per heavy atom. The average molecular weight is 150 g/mol. The van der Waals surface area contributed by atoms with Gasteiger partial charge < -0.3 is 14.8 Å². The molecule has 0 unspecified atom stereocenters. The van der Waals surface area contributed by atoms with Crippen molar-refractivity contribution in [3.05, 3.63) is 0 Å². The van der Waals surface area contributed by atoms with Gasteiger partial charge >= 0.3 is 54.0 Å². The summed E-state index contributed by atoms with van der Waals surface area (Å²) in [4.78, 5) is 15.5. The molecule has 2 N–H and O–H groups in total. The maximum Gasteiger partial charge on any atom is 1.00 e. The molecule has 0 bridgehead atoms. The Morgan fingerprint density at radius 1 is 1.71 bits per heavy atom. The minimum atomic E-state index is -4.08. The fourth-order valence-electron chi connectivity index (χ4n) is 0. The van der Waals surface area contributed by atoms with Crippen LogP contribution in [0.1, 0.15) is 1.43 Å². The van der Waals surface area contributed by atoms with E-state index in [-0.39, 0.29) is 47.6 Å². The van der Waals surface area contributed by atoms with Crippen LogP contribution in [-0.4, -0.2) is 26.4 Å². The van der Waals surface area contributed by atoms with Crippen LogP contribution >= 0.6 is 7.82 Å². The normalized spacial score (nSPS) is 10.0. The van der Waals surface area contributed by atoms with E-state index in [1.165, 1.54) is 0 Å². The third kappa shape index (κ3) is 11.3. The van der Waals surface area contributed by atoms with Crippen molar-refractivity contribution in [2.75, 3.05) is 0 Å². The first-order valence-corrected chi connectivity index (χ1v) is 3.52. The predicted octanol–water partition coefficient (Wildman–Crippen LogP) is -4.24. The molecule has 0 fully saturated rings. The quantitative estimate of drug-likeness (QED) is 0.293. The van der Waals surface area contributed by atoms with Crippen molar-refractivity contribution < 1.29 is 48.9 Å². The maximum atomic E-state index is 9.51. The standard InChI is InChI=1S/Al.Na.H3O4P.3H/c;;1-5(2,3)4;;;/h;;(H3,1,2,3,4);;;/q2*+1;;;;-1/p-1. The van der Waals surface area contributed by atoms with Crippen molar-refractivity contribution in [1.29, 1.82) is 0 Å². The van der Waals surface area contributed by atoms with Crippen LogP contribution in [0.15, 0.2) is 0 Å². The molecule has 0 aromatic carbocycles. The Kier molecular flexibility index (Phi) is 7.38. The second kappa shape index (κ2) is 4.51. The molecule has 0 saturated carbocycles. The van der Waals surface area contributed by atoms with Crippen molar-refractivity contribution >= 4 is 24.4 Å². The largest absolute Gasteiger partial charge is 1.00 e. The van der Waals surface area contributed by atoms with Crippen LogP contribution in [0.3, 0.4) is 0 Å². The van der Waals surface area contributed by atoms with Gasteiger partial charge in [-0.05, 0) is 0 Å². The van der Waals surface area contributed by atoms with E-state index >= 15 is 0 Å². The molecule has 0 rings (SSSR count). The zero-order chi connectivity index (χ0) is 5.21. The van der Waals surface area contributed by atoms with Gasteiger partial charge in [0, 0.05) is 0 Å². The Morgan fingerprint density at radius 3 is 1.86 bits per heavy atom. The van der Waals surface area contributed by atoms with E-state index in [0.29, 0.717) is 0 Å². The molecule has 0 saturated heterocycles. The zero-order valence-electron chi connectivity index (χ0n) is 5.16. The van der Waals surface area contributed by atoms with E-state index in [1.54, 1.807) is 0 Å². The van der Waals surface area contributed by atoms with Crippen molar-refractivity contribution in [3.8, 4) is 0 Å². The van der Waals surface area contributed by atoms with Gasteiger partial charge in [0.05, 0.1) is 0 Å². The van der Waals surface area contributed by atoms with Crippen molar-refractivity contribution in [2.45, 2.75) is 0 Å². The smallest absolute Gasteiger partial charge is 1.00 e. The molecule has 0 aliphatic carbocycles. The van der Waals surface area contributed by atoms with Gasteiger partial charge in [-0.1, -0.05) is 0 Å². The van der Waals surface area contributed by atoms with Gasteiger partial charge in [-0.25, -0.2) is 4.57 Å². The maximum absolute atomic E-state index is 9.51. The van der Waals surface area contributed by atoms with Crippen LogP contribution in [0.2, 0.25) is 0 Å². The van der Waals surface area contributed by atoms with Crippen LogP contribution in [-0.2, 0) is 8.14 Å². The van der Waals surface area contributed by atoms with Crippen LogP contribution < -0.4 is 29.6 Å². The van der Waals surface area contributed by atoms with Crippen LogP contribution in [0, 0.1) is 0 Å². The molecule has 0 amide bonds. The van der Waals surface area contributed by atoms with Crippen molar-refractivity contribution in [3.63, 3.8) is 0 Å². The van der Waals surface area contributed by atoms with Gasteiger partial charge in [0.2, 0.25) is 0 Å². The summed E-state index contributed by atoms with van der Waals surface area (Å²) in [6, 6.07) is 0. The van der Waals surface area contributed by atoms with E-state index < -0.39 is 7.82 Å². The summed E-state index contributed by atoms with van der Waals surface area (Å²) in [7, 11) is -4.08. The molecule has 0 atom stereocenters. The molecule has 0 aromatic heterocycles. The van der Waals surface area contributed by atoms with E-state index in [4.69, 9.17) is 9.79 Å². The van der Waals surface area contributed by atoms with Gasteiger partial charge in [0.15, 0.2) is 0 Å². The van der Waals surface area contributed by atoms with Crippen LogP contribution in [0.25, 0.3) is 0 Å². The summed E-state index contributed by atoms with van der Waals surface area (Å²) in [6.07, 6.45) is 0. The summed E-state index contributed by atoms with van der Waals surface area (Å²) in [5.41, 5.74) is 0. The average Bonchev–Trinajstić information content (AvgIpc) is 1.35. The SMILES string of the molecule is O=P(O)(O)[O][AlH2].[H-].[Na+]. The zero-order valence-corrected chi connectivity index (χ0v) is 9.05. The van der Waals surface area contributed by atoms with Gasteiger partial charge in [-0.15, -0.1) is 0 Å². The van der Waals surface area contributed by atoms with E-state index in [0.717, 1.165) is 0 Å². The summed E-state index contributed by atoms with van der Waals surface area (Å²) >= 11 is 0.0849. The summed E-state index contributed by atoms with van der Waals surface area (Å²) in [5, 5.41) is 0. The topological polar surface area (TPSA) is 66.8 Å². The number of phosphoric acid groups is 1. The van der Waals surface area contributed by atoms with Gasteiger partial charge in [0.25, 0.3) is 0 Å². The van der Waals surface area contributed by atoms with Gasteiger partial charge in [-0.3, -0.25) is 0 Å². The first kappa shape index (κ1) is 11.4. The first-order valence-electron chi connectivity index (χ1n) is 1.17. The second-order valence-corrected chi connectivity index (χ2v) is 3.11. The number of hydrogen-bond acceptors (Lipinski definition) is 2. The summed E-state index contributed by atoms with van der Waals surface area (Å²) < 4.78 is 13.2. The molecule has 0 heterocycles. The van der Waals surface area contributed by atoms with E-state index in [1.807, 2.05) is 0 Å². The molecule has 0 aromatic rings. The van der Waals surface area contributed by atoms with E-state index in [2.05, 4.69) is 3.58 Å². The summed E-state index contributed by atoms with van der Waals surface area (Å²) in [5.74, 6) is 0. The molecule has 4 nitrogen and oxygen atoms in total. The molecule has 0 aliphatic heterocycles. The van der Waals surface area contributed by atoms with Crippen LogP contribution in [0.4, 0.5) is 0 Å². The van der Waals surface area contributed by atoms with Gasteiger partial charge in [-0.2, -0.15) is 0 Å². The Hall–Kier alpha value is 1.64. The third-order valence-electron chi connectivity index (χ3n) is 0.238. The minimum Gasteiger partial charge on any atom is -1.00 e. The molecule has 0 radical (unpaired) electrons. The Labute approximate surface area is 73.0 Å². The molecular formula is H5AlNaO4P. The fraction of sp³-hybridized carbons (Fsp3) is 0. The summed E-state index contributed by atoms with van der Waals surface area (Å²) in [6.45, 7) is 0. The Bertz CT molecular complexity index is 80.1. The van der Waals surface area contributed by atoms with Crippen molar-refractivity contribution in [1.82, 2.24) is 0 Å². The Balaban J connectivity index is -0.000000125. The fourth-order valence-corrected chi connectivity index (χ4v) is 0. The second-order valence-electron chi connectivity index (χ2n) is 0.673. The molecular weight excluding hydrogens is 145 g/mol. The molecule has 0 spiro atoms. The monoisotopic (exact) mass is 150 g/mol. The predicted molar refractivity (Wildman–Crippen MR) is 22.8 cm³/mol.